The molecule has 0 aliphatic heterocycles. The van der Waals surface area contributed by atoms with E-state index in [2.05, 4.69) is 5.32 Å². The van der Waals surface area contributed by atoms with Crippen LogP contribution in [0.15, 0.2) is 54.6 Å². The molecule has 118 valence electrons. The second-order valence-electron chi connectivity index (χ2n) is 4.81. The van der Waals surface area contributed by atoms with Crippen molar-refractivity contribution in [3.05, 3.63) is 65.7 Å². The van der Waals surface area contributed by atoms with Crippen molar-refractivity contribution in [1.29, 1.82) is 0 Å². The quantitative estimate of drug-likeness (QED) is 0.790. The van der Waals surface area contributed by atoms with Gasteiger partial charge in [0.05, 0.1) is 6.42 Å². The predicted molar refractivity (Wildman–Crippen MR) is 84.7 cm³/mol. The molecule has 6 heteroatoms. The van der Waals surface area contributed by atoms with Crippen molar-refractivity contribution in [3.63, 3.8) is 0 Å². The molecule has 0 bridgehead atoms. The molecule has 3 N–H and O–H groups in total. The molecule has 0 unspecified atom stereocenters. The first-order chi connectivity index (χ1) is 11.0. The summed E-state index contributed by atoms with van der Waals surface area (Å²) in [6.45, 7) is -0.372. The molecule has 0 atom stereocenters. The first-order valence-electron chi connectivity index (χ1n) is 6.94. The average Bonchev–Trinajstić information content (AvgIpc) is 2.54. The van der Waals surface area contributed by atoms with Crippen LogP contribution in [0.4, 0.5) is 5.69 Å². The van der Waals surface area contributed by atoms with Gasteiger partial charge in [0, 0.05) is 11.3 Å². The summed E-state index contributed by atoms with van der Waals surface area (Å²) in [5.41, 5.74) is 6.77. The summed E-state index contributed by atoms with van der Waals surface area (Å²) in [7, 11) is 0. The van der Waals surface area contributed by atoms with E-state index in [0.717, 1.165) is 5.56 Å². The van der Waals surface area contributed by atoms with Crippen LogP contribution >= 0.6 is 0 Å². The minimum absolute atomic E-state index is 0.113. The van der Waals surface area contributed by atoms with E-state index in [1.165, 1.54) is 12.1 Å². The average molecular weight is 312 g/mol. The number of hydrogen-bond acceptors (Lipinski definition) is 4. The van der Waals surface area contributed by atoms with Crippen molar-refractivity contribution in [2.45, 2.75) is 6.42 Å². The summed E-state index contributed by atoms with van der Waals surface area (Å²) in [5.74, 6) is -1.48. The Kier molecular flexibility index (Phi) is 5.46. The smallest absolute Gasteiger partial charge is 0.310 e. The van der Waals surface area contributed by atoms with Crippen LogP contribution in [0.5, 0.6) is 0 Å². The normalized spacial score (nSPS) is 9.91. The number of nitrogens with one attached hydrogen (secondary N) is 1. The summed E-state index contributed by atoms with van der Waals surface area (Å²) in [6, 6.07) is 15.2. The summed E-state index contributed by atoms with van der Waals surface area (Å²) in [5, 5.41) is 2.56. The number of hydrogen-bond donors (Lipinski definition) is 2. The maximum Gasteiger partial charge on any atom is 0.310 e. The Balaban J connectivity index is 1.78. The Morgan fingerprint density at radius 2 is 1.61 bits per heavy atom. The molecule has 0 fully saturated rings. The van der Waals surface area contributed by atoms with Gasteiger partial charge in [-0.05, 0) is 29.8 Å². The van der Waals surface area contributed by atoms with Crippen LogP contribution in [-0.4, -0.2) is 24.4 Å². The third-order valence-corrected chi connectivity index (χ3v) is 3.01. The van der Waals surface area contributed by atoms with Crippen molar-refractivity contribution >= 4 is 23.5 Å². The van der Waals surface area contributed by atoms with Crippen molar-refractivity contribution in [1.82, 2.24) is 0 Å². The Bertz CT molecular complexity index is 696. The number of carbonyl (C=O) groups excluding carboxylic acids is 3. The van der Waals surface area contributed by atoms with Crippen LogP contribution in [0.25, 0.3) is 0 Å². The van der Waals surface area contributed by atoms with Crippen LogP contribution in [0.3, 0.4) is 0 Å². The number of benzene rings is 2. The number of rotatable bonds is 6. The van der Waals surface area contributed by atoms with Gasteiger partial charge in [-0.2, -0.15) is 0 Å². The van der Waals surface area contributed by atoms with E-state index in [4.69, 9.17) is 10.5 Å². The predicted octanol–water partition coefficient (Wildman–Crippen LogP) is 1.51. The van der Waals surface area contributed by atoms with Gasteiger partial charge >= 0.3 is 5.97 Å². The van der Waals surface area contributed by atoms with Crippen molar-refractivity contribution in [3.8, 4) is 0 Å². The lowest BCUT2D eigenvalue weighted by Crippen LogP contribution is -2.21. The van der Waals surface area contributed by atoms with Crippen LogP contribution in [0.2, 0.25) is 0 Å². The summed E-state index contributed by atoms with van der Waals surface area (Å²) < 4.78 is 4.92. The second-order valence-corrected chi connectivity index (χ2v) is 4.81. The van der Waals surface area contributed by atoms with Crippen molar-refractivity contribution in [2.24, 2.45) is 5.73 Å². The molecule has 0 spiro atoms. The van der Waals surface area contributed by atoms with Gasteiger partial charge < -0.3 is 15.8 Å². The van der Waals surface area contributed by atoms with E-state index in [-0.39, 0.29) is 13.0 Å². The lowest BCUT2D eigenvalue weighted by Gasteiger charge is -2.07. The van der Waals surface area contributed by atoms with Gasteiger partial charge in [0.1, 0.15) is 0 Å². The van der Waals surface area contributed by atoms with E-state index in [1.54, 1.807) is 12.1 Å². The molecule has 2 aromatic rings. The Morgan fingerprint density at radius 3 is 2.22 bits per heavy atom. The SMILES string of the molecule is NC(=O)c1ccc(NC(=O)COC(=O)Cc2ccccc2)cc1. The van der Waals surface area contributed by atoms with E-state index < -0.39 is 17.8 Å². The topological polar surface area (TPSA) is 98.5 Å². The summed E-state index contributed by atoms with van der Waals surface area (Å²) in [4.78, 5) is 34.3. The molecule has 0 aromatic heterocycles. The summed E-state index contributed by atoms with van der Waals surface area (Å²) in [6.07, 6.45) is 0.113. The van der Waals surface area contributed by atoms with E-state index in [9.17, 15) is 14.4 Å². The number of nitrogens with two attached hydrogens (primary N) is 1. The maximum absolute atomic E-state index is 11.7. The number of ether oxygens (including phenoxy) is 1. The van der Waals surface area contributed by atoms with Gasteiger partial charge in [-0.1, -0.05) is 30.3 Å². The molecule has 0 saturated heterocycles. The Hall–Kier alpha value is -3.15. The molecule has 0 aliphatic carbocycles. The third-order valence-electron chi connectivity index (χ3n) is 3.01. The van der Waals surface area contributed by atoms with Crippen molar-refractivity contribution in [2.75, 3.05) is 11.9 Å². The highest BCUT2D eigenvalue weighted by Gasteiger charge is 2.09. The zero-order chi connectivity index (χ0) is 16.7. The Labute approximate surface area is 133 Å². The lowest BCUT2D eigenvalue weighted by atomic mass is 10.2. The highest BCUT2D eigenvalue weighted by atomic mass is 16.5. The lowest BCUT2D eigenvalue weighted by molar-refractivity contribution is -0.146. The fourth-order valence-electron chi connectivity index (χ4n) is 1.87. The maximum atomic E-state index is 11.7. The number of carbonyl (C=O) groups is 3. The van der Waals surface area contributed by atoms with E-state index in [1.807, 2.05) is 30.3 Å². The monoisotopic (exact) mass is 312 g/mol. The molecule has 0 saturated carbocycles. The highest BCUT2D eigenvalue weighted by molar-refractivity contribution is 5.95. The molecule has 2 rings (SSSR count). The number of anilines is 1. The van der Waals surface area contributed by atoms with Crippen LogP contribution in [-0.2, 0) is 20.7 Å². The largest absolute Gasteiger partial charge is 0.455 e. The second kappa shape index (κ2) is 7.74. The Morgan fingerprint density at radius 1 is 0.957 bits per heavy atom. The zero-order valence-electron chi connectivity index (χ0n) is 12.3. The molecular formula is C17H16N2O4. The van der Waals surface area contributed by atoms with Gasteiger partial charge in [-0.3, -0.25) is 14.4 Å². The van der Waals surface area contributed by atoms with Crippen LogP contribution in [0, 0.1) is 0 Å². The van der Waals surface area contributed by atoms with Gasteiger partial charge in [0.15, 0.2) is 6.61 Å². The fourth-order valence-corrected chi connectivity index (χ4v) is 1.87. The standard InChI is InChI=1S/C17H16N2O4/c18-17(22)13-6-8-14(9-7-13)19-15(20)11-23-16(21)10-12-4-2-1-3-5-12/h1-9H,10-11H2,(H2,18,22)(H,19,20). The number of primary amides is 1. The first kappa shape index (κ1) is 16.2. The van der Waals surface area contributed by atoms with Crippen molar-refractivity contribution < 1.29 is 19.1 Å². The van der Waals surface area contributed by atoms with Gasteiger partial charge in [0.2, 0.25) is 5.91 Å². The molecule has 2 aromatic carbocycles. The molecule has 6 nitrogen and oxygen atoms in total. The van der Waals surface area contributed by atoms with Crippen LogP contribution in [0.1, 0.15) is 15.9 Å². The van der Waals surface area contributed by atoms with Crippen LogP contribution < -0.4 is 11.1 Å². The van der Waals surface area contributed by atoms with Gasteiger partial charge in [-0.15, -0.1) is 0 Å². The number of amides is 2. The molecule has 2 amide bonds. The molecule has 0 aliphatic rings. The van der Waals surface area contributed by atoms with E-state index >= 15 is 0 Å². The molecule has 23 heavy (non-hydrogen) atoms. The zero-order valence-corrected chi connectivity index (χ0v) is 12.3. The first-order valence-corrected chi connectivity index (χ1v) is 6.94. The third kappa shape index (κ3) is 5.28. The highest BCUT2D eigenvalue weighted by Crippen LogP contribution is 2.09. The molecular weight excluding hydrogens is 296 g/mol. The fraction of sp³-hybridized carbons (Fsp3) is 0.118. The van der Waals surface area contributed by atoms with Gasteiger partial charge in [0.25, 0.3) is 5.91 Å². The van der Waals surface area contributed by atoms with Gasteiger partial charge in [-0.25, -0.2) is 0 Å². The molecule has 0 radical (unpaired) electrons. The summed E-state index contributed by atoms with van der Waals surface area (Å²) >= 11 is 0. The minimum atomic E-state index is -0.544. The molecule has 0 heterocycles. The number of esters is 1. The van der Waals surface area contributed by atoms with E-state index in [0.29, 0.717) is 11.3 Å². The minimum Gasteiger partial charge on any atom is -0.455 e.